The third-order valence-corrected chi connectivity index (χ3v) is 2.68. The van der Waals surface area contributed by atoms with Crippen LogP contribution in [0, 0.1) is 5.92 Å². The van der Waals surface area contributed by atoms with Gasteiger partial charge in [0.25, 0.3) is 0 Å². The molecule has 0 bridgehead atoms. The Morgan fingerprint density at radius 2 is 1.92 bits per heavy atom. The number of Topliss-reactive ketones (excluding diaryl/α,β-unsaturated/α-hetero) is 1. The molecule has 0 saturated carbocycles. The van der Waals surface area contributed by atoms with Crippen molar-refractivity contribution in [1.29, 1.82) is 0 Å². The first kappa shape index (κ1) is 12.6. The molecular formula is C11H22O2. The van der Waals surface area contributed by atoms with Gasteiger partial charge in [-0.15, -0.1) is 0 Å². The zero-order chi connectivity index (χ0) is 10.5. The van der Waals surface area contributed by atoms with E-state index < -0.39 is 5.60 Å². The van der Waals surface area contributed by atoms with E-state index in [4.69, 9.17) is 0 Å². The number of aliphatic hydroxyl groups is 1. The van der Waals surface area contributed by atoms with Crippen LogP contribution in [0.25, 0.3) is 0 Å². The van der Waals surface area contributed by atoms with Gasteiger partial charge < -0.3 is 5.11 Å². The van der Waals surface area contributed by atoms with Gasteiger partial charge >= 0.3 is 0 Å². The Bertz CT molecular complexity index is 159. The third kappa shape index (κ3) is 5.04. The van der Waals surface area contributed by atoms with Gasteiger partial charge in [-0.3, -0.25) is 4.79 Å². The van der Waals surface area contributed by atoms with Crippen LogP contribution in [0.2, 0.25) is 0 Å². The molecule has 0 aliphatic carbocycles. The van der Waals surface area contributed by atoms with E-state index in [1.54, 1.807) is 6.92 Å². The first-order valence-electron chi connectivity index (χ1n) is 5.14. The van der Waals surface area contributed by atoms with E-state index in [1.807, 2.05) is 20.8 Å². The van der Waals surface area contributed by atoms with Gasteiger partial charge in [-0.1, -0.05) is 20.8 Å². The van der Waals surface area contributed by atoms with Gasteiger partial charge in [0.1, 0.15) is 5.78 Å². The fourth-order valence-electron chi connectivity index (χ4n) is 1.09. The molecule has 1 unspecified atom stereocenters. The zero-order valence-corrected chi connectivity index (χ0v) is 9.26. The molecule has 78 valence electrons. The summed E-state index contributed by atoms with van der Waals surface area (Å²) in [6, 6.07) is 0. The van der Waals surface area contributed by atoms with Crippen molar-refractivity contribution in [1.82, 2.24) is 0 Å². The molecule has 0 saturated heterocycles. The maximum Gasteiger partial charge on any atom is 0.133 e. The summed E-state index contributed by atoms with van der Waals surface area (Å²) in [6.07, 6.45) is 2.65. The Hall–Kier alpha value is -0.370. The first-order valence-corrected chi connectivity index (χ1v) is 5.14. The van der Waals surface area contributed by atoms with Crippen molar-refractivity contribution in [3.05, 3.63) is 0 Å². The van der Waals surface area contributed by atoms with E-state index in [9.17, 15) is 9.90 Å². The molecule has 0 rings (SSSR count). The Kier molecular flexibility index (Phi) is 5.23. The molecule has 0 aliphatic heterocycles. The van der Waals surface area contributed by atoms with Crippen LogP contribution in [-0.2, 0) is 4.79 Å². The summed E-state index contributed by atoms with van der Waals surface area (Å²) in [7, 11) is 0. The van der Waals surface area contributed by atoms with Crippen molar-refractivity contribution in [2.24, 2.45) is 5.92 Å². The molecule has 0 heterocycles. The molecule has 0 spiro atoms. The largest absolute Gasteiger partial charge is 0.390 e. The average molecular weight is 186 g/mol. The van der Waals surface area contributed by atoms with E-state index in [-0.39, 0.29) is 11.7 Å². The quantitative estimate of drug-likeness (QED) is 0.692. The van der Waals surface area contributed by atoms with Crippen LogP contribution < -0.4 is 0 Å². The van der Waals surface area contributed by atoms with Crippen LogP contribution in [0.15, 0.2) is 0 Å². The molecule has 2 nitrogen and oxygen atoms in total. The standard InChI is InChI=1S/C11H22O2/c1-5-6-10(12)7-8-11(4,13)9(2)3/h9,13H,5-8H2,1-4H3. The Morgan fingerprint density at radius 1 is 1.38 bits per heavy atom. The van der Waals surface area contributed by atoms with Gasteiger partial charge in [-0.25, -0.2) is 0 Å². The predicted molar refractivity (Wildman–Crippen MR) is 54.6 cm³/mol. The molecule has 0 radical (unpaired) electrons. The summed E-state index contributed by atoms with van der Waals surface area (Å²) in [6.45, 7) is 7.75. The fraction of sp³-hybridized carbons (Fsp3) is 0.909. The third-order valence-electron chi connectivity index (χ3n) is 2.68. The monoisotopic (exact) mass is 186 g/mol. The highest BCUT2D eigenvalue weighted by Crippen LogP contribution is 2.22. The molecule has 0 aliphatic rings. The van der Waals surface area contributed by atoms with Gasteiger partial charge in [0.05, 0.1) is 5.60 Å². The van der Waals surface area contributed by atoms with E-state index in [2.05, 4.69) is 0 Å². The second-order valence-corrected chi connectivity index (χ2v) is 4.30. The smallest absolute Gasteiger partial charge is 0.133 e. The maximum atomic E-state index is 11.2. The second kappa shape index (κ2) is 5.38. The van der Waals surface area contributed by atoms with E-state index in [1.165, 1.54) is 0 Å². The lowest BCUT2D eigenvalue weighted by molar-refractivity contribution is -0.120. The SMILES string of the molecule is CCCC(=O)CCC(C)(O)C(C)C. The van der Waals surface area contributed by atoms with Crippen molar-refractivity contribution in [3.8, 4) is 0 Å². The van der Waals surface area contributed by atoms with Crippen LogP contribution in [0.4, 0.5) is 0 Å². The van der Waals surface area contributed by atoms with Gasteiger partial charge in [-0.05, 0) is 25.7 Å². The highest BCUT2D eigenvalue weighted by atomic mass is 16.3. The van der Waals surface area contributed by atoms with Crippen LogP contribution in [0.3, 0.4) is 0 Å². The number of rotatable bonds is 6. The van der Waals surface area contributed by atoms with Crippen molar-refractivity contribution < 1.29 is 9.90 Å². The minimum absolute atomic E-state index is 0.210. The Labute approximate surface area is 81.3 Å². The van der Waals surface area contributed by atoms with Crippen molar-refractivity contribution in [3.63, 3.8) is 0 Å². The van der Waals surface area contributed by atoms with Gasteiger partial charge in [-0.2, -0.15) is 0 Å². The molecule has 0 amide bonds. The lowest BCUT2D eigenvalue weighted by Crippen LogP contribution is -2.31. The molecule has 1 N–H and O–H groups in total. The number of carbonyl (C=O) groups is 1. The van der Waals surface area contributed by atoms with Gasteiger partial charge in [0, 0.05) is 12.8 Å². The number of hydrogen-bond acceptors (Lipinski definition) is 2. The van der Waals surface area contributed by atoms with Crippen molar-refractivity contribution >= 4 is 5.78 Å². The molecule has 1 atom stereocenters. The average Bonchev–Trinajstić information content (AvgIpc) is 2.01. The Balaban J connectivity index is 3.81. The molecule has 2 heteroatoms. The second-order valence-electron chi connectivity index (χ2n) is 4.30. The summed E-state index contributed by atoms with van der Waals surface area (Å²) in [5.41, 5.74) is -0.691. The fourth-order valence-corrected chi connectivity index (χ4v) is 1.09. The van der Waals surface area contributed by atoms with Crippen LogP contribution in [-0.4, -0.2) is 16.5 Å². The van der Waals surface area contributed by atoms with Crippen molar-refractivity contribution in [2.75, 3.05) is 0 Å². The highest BCUT2D eigenvalue weighted by molar-refractivity contribution is 5.78. The van der Waals surface area contributed by atoms with Crippen LogP contribution >= 0.6 is 0 Å². The highest BCUT2D eigenvalue weighted by Gasteiger charge is 2.24. The first-order chi connectivity index (χ1) is 5.90. The summed E-state index contributed by atoms with van der Waals surface area (Å²) in [5.74, 6) is 0.477. The van der Waals surface area contributed by atoms with Gasteiger partial charge in [0.2, 0.25) is 0 Å². The lowest BCUT2D eigenvalue weighted by atomic mass is 9.87. The minimum atomic E-state index is -0.691. The topological polar surface area (TPSA) is 37.3 Å². The van der Waals surface area contributed by atoms with Crippen LogP contribution in [0.1, 0.15) is 53.4 Å². The summed E-state index contributed by atoms with van der Waals surface area (Å²) in [5, 5.41) is 9.86. The molecule has 0 aromatic carbocycles. The van der Waals surface area contributed by atoms with Crippen molar-refractivity contribution in [2.45, 2.75) is 59.0 Å². The number of ketones is 1. The van der Waals surface area contributed by atoms with E-state index in [0.29, 0.717) is 19.3 Å². The summed E-state index contributed by atoms with van der Waals surface area (Å²) in [4.78, 5) is 11.2. The molecule has 0 fully saturated rings. The minimum Gasteiger partial charge on any atom is -0.390 e. The Morgan fingerprint density at radius 3 is 2.31 bits per heavy atom. The molecule has 0 aromatic heterocycles. The van der Waals surface area contributed by atoms with E-state index >= 15 is 0 Å². The normalized spacial score (nSPS) is 15.8. The zero-order valence-electron chi connectivity index (χ0n) is 9.26. The number of hydrogen-bond donors (Lipinski definition) is 1. The summed E-state index contributed by atoms with van der Waals surface area (Å²) < 4.78 is 0. The molecule has 13 heavy (non-hydrogen) atoms. The number of carbonyl (C=O) groups excluding carboxylic acids is 1. The van der Waals surface area contributed by atoms with E-state index in [0.717, 1.165) is 6.42 Å². The van der Waals surface area contributed by atoms with Gasteiger partial charge in [0.15, 0.2) is 0 Å². The predicted octanol–water partition coefficient (Wildman–Crippen LogP) is 2.54. The maximum absolute atomic E-state index is 11.2. The molecule has 0 aromatic rings. The summed E-state index contributed by atoms with van der Waals surface area (Å²) >= 11 is 0. The molecular weight excluding hydrogens is 164 g/mol. The van der Waals surface area contributed by atoms with Crippen LogP contribution in [0.5, 0.6) is 0 Å². The lowest BCUT2D eigenvalue weighted by Gasteiger charge is -2.27.